The maximum Gasteiger partial charge on any atom is 0.320 e. The van der Waals surface area contributed by atoms with Crippen molar-refractivity contribution in [1.82, 2.24) is 5.32 Å². The highest BCUT2D eigenvalue weighted by molar-refractivity contribution is 5.93. The number of hydrogen-bond donors (Lipinski definition) is 3. The zero-order valence-corrected chi connectivity index (χ0v) is 12.5. The summed E-state index contributed by atoms with van der Waals surface area (Å²) in [4.78, 5) is 32.9. The Bertz CT molecular complexity index is 574. The maximum atomic E-state index is 11.8. The summed E-state index contributed by atoms with van der Waals surface area (Å²) in [6.07, 6.45) is 1.12. The SMILES string of the molecule is CCCC(NCC(=O)Nc1ccc([N+](=O)[O-])cc1C)C(=O)O. The second kappa shape index (κ2) is 8.08. The van der Waals surface area contributed by atoms with Crippen LogP contribution in [0.15, 0.2) is 18.2 Å². The van der Waals surface area contributed by atoms with Gasteiger partial charge < -0.3 is 10.4 Å². The molecule has 1 aromatic rings. The summed E-state index contributed by atoms with van der Waals surface area (Å²) in [5.41, 5.74) is 0.966. The Kier molecular flexibility index (Phi) is 6.46. The number of nitro groups is 1. The minimum Gasteiger partial charge on any atom is -0.480 e. The van der Waals surface area contributed by atoms with Crippen molar-refractivity contribution in [2.24, 2.45) is 0 Å². The standard InChI is InChI=1S/C14H19N3O5/c1-3-4-12(14(19)20)15-8-13(18)16-11-6-5-10(17(21)22)7-9(11)2/h5-7,12,15H,3-4,8H2,1-2H3,(H,16,18)(H,19,20). The minimum atomic E-state index is -0.999. The van der Waals surface area contributed by atoms with Crippen LogP contribution < -0.4 is 10.6 Å². The lowest BCUT2D eigenvalue weighted by Crippen LogP contribution is -2.41. The number of carboxylic acids is 1. The van der Waals surface area contributed by atoms with Crippen molar-refractivity contribution in [3.63, 3.8) is 0 Å². The summed E-state index contributed by atoms with van der Waals surface area (Å²) in [7, 11) is 0. The monoisotopic (exact) mass is 309 g/mol. The number of carbonyl (C=O) groups excluding carboxylic acids is 1. The predicted octanol–water partition coefficient (Wildman–Crippen LogP) is 1.68. The van der Waals surface area contributed by atoms with E-state index in [2.05, 4.69) is 10.6 Å². The summed E-state index contributed by atoms with van der Waals surface area (Å²) in [5.74, 6) is -1.40. The van der Waals surface area contributed by atoms with Crippen molar-refractivity contribution in [3.8, 4) is 0 Å². The number of benzene rings is 1. The number of nitrogens with one attached hydrogen (secondary N) is 2. The molecule has 3 N–H and O–H groups in total. The maximum absolute atomic E-state index is 11.8. The number of carbonyl (C=O) groups is 2. The molecule has 1 rings (SSSR count). The van der Waals surface area contributed by atoms with Crippen molar-refractivity contribution in [2.45, 2.75) is 32.7 Å². The smallest absolute Gasteiger partial charge is 0.320 e. The molecule has 0 bridgehead atoms. The van der Waals surface area contributed by atoms with Gasteiger partial charge >= 0.3 is 5.97 Å². The number of nitro benzene ring substituents is 1. The van der Waals surface area contributed by atoms with Gasteiger partial charge in [0.25, 0.3) is 5.69 Å². The van der Waals surface area contributed by atoms with Crippen LogP contribution >= 0.6 is 0 Å². The lowest BCUT2D eigenvalue weighted by atomic mass is 10.1. The van der Waals surface area contributed by atoms with Crippen LogP contribution in [0.4, 0.5) is 11.4 Å². The van der Waals surface area contributed by atoms with Crippen molar-refractivity contribution in [2.75, 3.05) is 11.9 Å². The molecular weight excluding hydrogens is 290 g/mol. The van der Waals surface area contributed by atoms with Crippen LogP contribution in [0.1, 0.15) is 25.3 Å². The van der Waals surface area contributed by atoms with E-state index in [4.69, 9.17) is 5.11 Å². The molecule has 0 aliphatic heterocycles. The second-order valence-electron chi connectivity index (χ2n) is 4.86. The van der Waals surface area contributed by atoms with Crippen LogP contribution in [0, 0.1) is 17.0 Å². The van der Waals surface area contributed by atoms with E-state index in [1.165, 1.54) is 18.2 Å². The van der Waals surface area contributed by atoms with Gasteiger partial charge in [-0.15, -0.1) is 0 Å². The summed E-state index contributed by atoms with van der Waals surface area (Å²) in [6, 6.07) is 3.34. The number of rotatable bonds is 8. The second-order valence-corrected chi connectivity index (χ2v) is 4.86. The van der Waals surface area contributed by atoms with Crippen LogP contribution in [-0.2, 0) is 9.59 Å². The molecule has 8 nitrogen and oxygen atoms in total. The molecule has 0 aliphatic rings. The fraction of sp³-hybridized carbons (Fsp3) is 0.429. The van der Waals surface area contributed by atoms with Crippen molar-refractivity contribution >= 4 is 23.3 Å². The van der Waals surface area contributed by atoms with E-state index >= 15 is 0 Å². The van der Waals surface area contributed by atoms with E-state index < -0.39 is 22.8 Å². The number of aliphatic carboxylic acids is 1. The molecule has 1 unspecified atom stereocenters. The van der Waals surface area contributed by atoms with Crippen LogP contribution in [0.5, 0.6) is 0 Å². The molecule has 0 heterocycles. The van der Waals surface area contributed by atoms with Gasteiger partial charge in [-0.25, -0.2) is 0 Å². The highest BCUT2D eigenvalue weighted by Gasteiger charge is 2.17. The van der Waals surface area contributed by atoms with E-state index in [1.54, 1.807) is 6.92 Å². The zero-order chi connectivity index (χ0) is 16.7. The first-order chi connectivity index (χ1) is 10.3. The number of aryl methyl sites for hydroxylation is 1. The first kappa shape index (κ1) is 17.6. The first-order valence-corrected chi connectivity index (χ1v) is 6.86. The topological polar surface area (TPSA) is 122 Å². The predicted molar refractivity (Wildman–Crippen MR) is 80.8 cm³/mol. The Morgan fingerprint density at radius 1 is 1.41 bits per heavy atom. The van der Waals surface area contributed by atoms with Gasteiger partial charge in [0, 0.05) is 17.8 Å². The number of non-ortho nitro benzene ring substituents is 1. The zero-order valence-electron chi connectivity index (χ0n) is 12.5. The van der Waals surface area contributed by atoms with Gasteiger partial charge in [-0.05, 0) is 25.0 Å². The van der Waals surface area contributed by atoms with Crippen LogP contribution in [0.25, 0.3) is 0 Å². The molecule has 0 aliphatic carbocycles. The van der Waals surface area contributed by atoms with Crippen LogP contribution in [-0.4, -0.2) is 34.5 Å². The fourth-order valence-electron chi connectivity index (χ4n) is 1.91. The van der Waals surface area contributed by atoms with Crippen LogP contribution in [0.3, 0.4) is 0 Å². The van der Waals surface area contributed by atoms with Gasteiger partial charge in [-0.3, -0.25) is 25.0 Å². The molecule has 0 saturated carbocycles. The van der Waals surface area contributed by atoms with Gasteiger partial charge in [0.1, 0.15) is 6.04 Å². The minimum absolute atomic E-state index is 0.0532. The summed E-state index contributed by atoms with van der Waals surface area (Å²) < 4.78 is 0. The quantitative estimate of drug-likeness (QED) is 0.496. The molecule has 8 heteroatoms. The largest absolute Gasteiger partial charge is 0.480 e. The highest BCUT2D eigenvalue weighted by atomic mass is 16.6. The summed E-state index contributed by atoms with van der Waals surface area (Å²) in [6.45, 7) is 3.36. The Hall–Kier alpha value is -2.48. The summed E-state index contributed by atoms with van der Waals surface area (Å²) in [5, 5.41) is 24.9. The lowest BCUT2D eigenvalue weighted by molar-refractivity contribution is -0.384. The molecule has 1 aromatic carbocycles. The van der Waals surface area contributed by atoms with Crippen molar-refractivity contribution in [3.05, 3.63) is 33.9 Å². The average molecular weight is 309 g/mol. The van der Waals surface area contributed by atoms with Gasteiger partial charge in [0.05, 0.1) is 11.5 Å². The van der Waals surface area contributed by atoms with Gasteiger partial charge in [0.2, 0.25) is 5.91 Å². The molecular formula is C14H19N3O5. The molecule has 0 spiro atoms. The third-order valence-electron chi connectivity index (χ3n) is 3.08. The van der Waals surface area contributed by atoms with Gasteiger partial charge in [-0.1, -0.05) is 13.3 Å². The number of nitrogens with zero attached hydrogens (tertiary/aromatic N) is 1. The van der Waals surface area contributed by atoms with Crippen molar-refractivity contribution in [1.29, 1.82) is 0 Å². The first-order valence-electron chi connectivity index (χ1n) is 6.86. The lowest BCUT2D eigenvalue weighted by Gasteiger charge is -2.14. The Morgan fingerprint density at radius 2 is 2.09 bits per heavy atom. The molecule has 0 aromatic heterocycles. The Morgan fingerprint density at radius 3 is 2.59 bits per heavy atom. The third kappa shape index (κ3) is 5.13. The normalized spacial score (nSPS) is 11.7. The highest BCUT2D eigenvalue weighted by Crippen LogP contribution is 2.20. The van der Waals surface area contributed by atoms with E-state index in [-0.39, 0.29) is 12.2 Å². The molecule has 1 atom stereocenters. The van der Waals surface area contributed by atoms with Crippen molar-refractivity contribution < 1.29 is 19.6 Å². The fourth-order valence-corrected chi connectivity index (χ4v) is 1.91. The number of hydrogen-bond acceptors (Lipinski definition) is 5. The third-order valence-corrected chi connectivity index (χ3v) is 3.08. The van der Waals surface area contributed by atoms with E-state index in [9.17, 15) is 19.7 Å². The van der Waals surface area contributed by atoms with Gasteiger partial charge in [-0.2, -0.15) is 0 Å². The number of carboxylic acid groups (broad SMARTS) is 1. The van der Waals surface area contributed by atoms with Crippen LogP contribution in [0.2, 0.25) is 0 Å². The molecule has 22 heavy (non-hydrogen) atoms. The Labute approximate surface area is 127 Å². The van der Waals surface area contributed by atoms with E-state index in [1.807, 2.05) is 6.92 Å². The molecule has 0 fully saturated rings. The molecule has 1 amide bonds. The van der Waals surface area contributed by atoms with E-state index in [0.29, 0.717) is 24.1 Å². The van der Waals surface area contributed by atoms with Gasteiger partial charge in [0.15, 0.2) is 0 Å². The molecule has 0 saturated heterocycles. The Balaban J connectivity index is 2.62. The molecule has 120 valence electrons. The number of anilines is 1. The molecule has 0 radical (unpaired) electrons. The van der Waals surface area contributed by atoms with E-state index in [0.717, 1.165) is 0 Å². The summed E-state index contributed by atoms with van der Waals surface area (Å²) >= 11 is 0. The number of amides is 1. The average Bonchev–Trinajstić information content (AvgIpc) is 2.45.